The van der Waals surface area contributed by atoms with E-state index in [9.17, 15) is 16.8 Å². The molecule has 30 heavy (non-hydrogen) atoms. The van der Waals surface area contributed by atoms with Crippen LogP contribution in [0.3, 0.4) is 0 Å². The van der Waals surface area contributed by atoms with Gasteiger partial charge in [0.2, 0.25) is 0 Å². The zero-order valence-electron chi connectivity index (χ0n) is 16.7. The van der Waals surface area contributed by atoms with E-state index >= 15 is 0 Å². The maximum atomic E-state index is 13.1. The number of aryl methyl sites for hydroxylation is 2. The molecule has 0 aliphatic carbocycles. The molecule has 0 bridgehead atoms. The van der Waals surface area contributed by atoms with Crippen LogP contribution in [-0.4, -0.2) is 38.1 Å². The summed E-state index contributed by atoms with van der Waals surface area (Å²) in [6.07, 6.45) is 0.399. The molecule has 0 saturated carbocycles. The summed E-state index contributed by atoms with van der Waals surface area (Å²) in [5, 5.41) is 4.57. The van der Waals surface area contributed by atoms with Gasteiger partial charge >= 0.3 is 0 Å². The third kappa shape index (κ3) is 4.13. The Balaban J connectivity index is 1.78. The second-order valence-corrected chi connectivity index (χ2v) is 11.5. The van der Waals surface area contributed by atoms with Crippen molar-refractivity contribution in [3.63, 3.8) is 0 Å². The summed E-state index contributed by atoms with van der Waals surface area (Å²) < 4.78 is 54.5. The van der Waals surface area contributed by atoms with E-state index in [1.165, 1.54) is 4.68 Å². The molecular weight excluding hydrogens is 422 g/mol. The number of nitrogens with zero attached hydrogens (tertiary/aromatic N) is 2. The molecule has 1 aromatic heterocycles. The summed E-state index contributed by atoms with van der Waals surface area (Å²) in [5.74, 6) is 0.277. The molecule has 0 radical (unpaired) electrons. The molecule has 0 amide bonds. The molecular formula is C21H23N3O4S2. The van der Waals surface area contributed by atoms with Crippen molar-refractivity contribution in [2.75, 3.05) is 16.2 Å². The minimum atomic E-state index is -3.88. The average molecular weight is 446 g/mol. The third-order valence-electron chi connectivity index (χ3n) is 5.23. The first-order chi connectivity index (χ1) is 14.1. The summed E-state index contributed by atoms with van der Waals surface area (Å²) >= 11 is 0. The Bertz CT molecular complexity index is 1300. The lowest BCUT2D eigenvalue weighted by Gasteiger charge is -2.15. The lowest BCUT2D eigenvalue weighted by atomic mass is 10.2. The number of nitrogens with one attached hydrogen (secondary N) is 1. The highest BCUT2D eigenvalue weighted by atomic mass is 32.2. The van der Waals surface area contributed by atoms with Gasteiger partial charge in [-0.05, 0) is 37.5 Å². The Morgan fingerprint density at radius 1 is 1.07 bits per heavy atom. The van der Waals surface area contributed by atoms with Crippen LogP contribution in [0.25, 0.3) is 11.3 Å². The van der Waals surface area contributed by atoms with Crippen LogP contribution in [0.1, 0.15) is 23.6 Å². The van der Waals surface area contributed by atoms with Gasteiger partial charge in [-0.25, -0.2) is 21.5 Å². The maximum Gasteiger partial charge on any atom is 0.263 e. The lowest BCUT2D eigenvalue weighted by molar-refractivity contribution is 0.507. The molecule has 3 aromatic rings. The van der Waals surface area contributed by atoms with Crippen molar-refractivity contribution in [3.05, 3.63) is 65.7 Å². The van der Waals surface area contributed by atoms with Gasteiger partial charge in [-0.2, -0.15) is 5.10 Å². The topological polar surface area (TPSA) is 98.1 Å². The molecule has 1 atom stereocenters. The van der Waals surface area contributed by atoms with Crippen LogP contribution >= 0.6 is 0 Å². The number of benzene rings is 2. The minimum absolute atomic E-state index is 0.0545. The summed E-state index contributed by atoms with van der Waals surface area (Å²) in [7, 11) is -7.04. The van der Waals surface area contributed by atoms with Gasteiger partial charge in [0.25, 0.3) is 10.0 Å². The van der Waals surface area contributed by atoms with Gasteiger partial charge < -0.3 is 0 Å². The van der Waals surface area contributed by atoms with E-state index in [4.69, 9.17) is 0 Å². The fourth-order valence-corrected chi connectivity index (χ4v) is 6.72. The number of sulfone groups is 1. The van der Waals surface area contributed by atoms with Gasteiger partial charge in [0.05, 0.1) is 28.1 Å². The predicted octanol–water partition coefficient (Wildman–Crippen LogP) is 3.33. The van der Waals surface area contributed by atoms with Crippen LogP contribution in [0, 0.1) is 13.8 Å². The normalized spacial score (nSPS) is 18.4. The predicted molar refractivity (Wildman–Crippen MR) is 117 cm³/mol. The van der Waals surface area contributed by atoms with Crippen molar-refractivity contribution in [2.24, 2.45) is 0 Å². The number of rotatable bonds is 5. The average Bonchev–Trinajstić information content (AvgIpc) is 3.26. The van der Waals surface area contributed by atoms with Gasteiger partial charge in [-0.15, -0.1) is 0 Å². The Morgan fingerprint density at radius 2 is 1.80 bits per heavy atom. The monoisotopic (exact) mass is 445 g/mol. The summed E-state index contributed by atoms with van der Waals surface area (Å²) in [4.78, 5) is 0.190. The van der Waals surface area contributed by atoms with Crippen LogP contribution in [0.15, 0.2) is 59.5 Å². The third-order valence-corrected chi connectivity index (χ3v) is 8.48. The number of hydrogen-bond donors (Lipinski definition) is 1. The van der Waals surface area contributed by atoms with Crippen molar-refractivity contribution < 1.29 is 16.8 Å². The standard InChI is InChI=1S/C21H23N3O4S2/c1-15-8-9-16(2)20(12-15)30(27,28)23-21-13-19(17-6-4-3-5-7-17)22-24(21)18-10-11-29(25,26)14-18/h3-9,12-13,18,23H,10-11,14H2,1-2H3. The lowest BCUT2D eigenvalue weighted by Crippen LogP contribution is -2.20. The molecule has 4 rings (SSSR count). The van der Waals surface area contributed by atoms with E-state index in [1.807, 2.05) is 43.3 Å². The van der Waals surface area contributed by atoms with Crippen LogP contribution in [0.5, 0.6) is 0 Å². The summed E-state index contributed by atoms with van der Waals surface area (Å²) in [5.41, 5.74) is 2.87. The molecule has 2 heterocycles. The highest BCUT2D eigenvalue weighted by Gasteiger charge is 2.32. The van der Waals surface area contributed by atoms with E-state index in [0.29, 0.717) is 17.7 Å². The minimum Gasteiger partial charge on any atom is -0.264 e. The van der Waals surface area contributed by atoms with Crippen LogP contribution < -0.4 is 4.72 Å². The van der Waals surface area contributed by atoms with Crippen LogP contribution in [-0.2, 0) is 19.9 Å². The molecule has 1 saturated heterocycles. The summed E-state index contributed by atoms with van der Waals surface area (Å²) in [6.45, 7) is 3.57. The Morgan fingerprint density at radius 3 is 2.47 bits per heavy atom. The fourth-order valence-electron chi connectivity index (χ4n) is 3.66. The smallest absolute Gasteiger partial charge is 0.263 e. The van der Waals surface area contributed by atoms with Gasteiger partial charge in [0.15, 0.2) is 9.84 Å². The van der Waals surface area contributed by atoms with Crippen molar-refractivity contribution in [3.8, 4) is 11.3 Å². The maximum absolute atomic E-state index is 13.1. The molecule has 7 nitrogen and oxygen atoms in total. The number of aromatic nitrogens is 2. The highest BCUT2D eigenvalue weighted by Crippen LogP contribution is 2.31. The largest absolute Gasteiger partial charge is 0.264 e. The van der Waals surface area contributed by atoms with E-state index < -0.39 is 25.9 Å². The first-order valence-corrected chi connectivity index (χ1v) is 12.9. The Kier molecular flexibility index (Phi) is 5.19. The summed E-state index contributed by atoms with van der Waals surface area (Å²) in [6, 6.07) is 15.9. The first-order valence-electron chi connectivity index (χ1n) is 9.60. The molecule has 9 heteroatoms. The fraction of sp³-hybridized carbons (Fsp3) is 0.286. The molecule has 1 aliphatic heterocycles. The number of anilines is 1. The van der Waals surface area contributed by atoms with Crippen molar-refractivity contribution >= 4 is 25.7 Å². The zero-order chi connectivity index (χ0) is 21.5. The van der Waals surface area contributed by atoms with Crippen molar-refractivity contribution in [2.45, 2.75) is 31.2 Å². The van der Waals surface area contributed by atoms with Gasteiger partial charge in [-0.1, -0.05) is 42.5 Å². The molecule has 158 valence electrons. The van der Waals surface area contributed by atoms with Crippen LogP contribution in [0.2, 0.25) is 0 Å². The molecule has 1 fully saturated rings. The van der Waals surface area contributed by atoms with Crippen molar-refractivity contribution in [1.29, 1.82) is 0 Å². The SMILES string of the molecule is Cc1ccc(C)c(S(=O)(=O)Nc2cc(-c3ccccc3)nn2C2CCS(=O)(=O)C2)c1. The second kappa shape index (κ2) is 7.55. The molecule has 0 spiro atoms. The van der Waals surface area contributed by atoms with Crippen LogP contribution in [0.4, 0.5) is 5.82 Å². The van der Waals surface area contributed by atoms with Crippen molar-refractivity contribution in [1.82, 2.24) is 9.78 Å². The Hall–Kier alpha value is -2.65. The molecule has 1 aliphatic rings. The molecule has 1 N–H and O–H groups in total. The second-order valence-electron chi connectivity index (χ2n) is 7.66. The first kappa shape index (κ1) is 20.6. The van der Waals surface area contributed by atoms with E-state index in [2.05, 4.69) is 9.82 Å². The van der Waals surface area contributed by atoms with E-state index in [1.54, 1.807) is 25.1 Å². The quantitative estimate of drug-likeness (QED) is 0.650. The van der Waals surface area contributed by atoms with Gasteiger partial charge in [-0.3, -0.25) is 4.72 Å². The highest BCUT2D eigenvalue weighted by molar-refractivity contribution is 7.92. The number of sulfonamides is 1. The number of hydrogen-bond acceptors (Lipinski definition) is 5. The van der Waals surface area contributed by atoms with E-state index in [0.717, 1.165) is 11.1 Å². The molecule has 2 aromatic carbocycles. The van der Waals surface area contributed by atoms with E-state index in [-0.39, 0.29) is 22.2 Å². The van der Waals surface area contributed by atoms with Gasteiger partial charge in [0.1, 0.15) is 5.82 Å². The molecule has 1 unspecified atom stereocenters. The van der Waals surface area contributed by atoms with Gasteiger partial charge in [0, 0.05) is 11.6 Å². The zero-order valence-corrected chi connectivity index (χ0v) is 18.4. The Labute approximate surface area is 176 Å².